The topological polar surface area (TPSA) is 92.2 Å². The Kier molecular flexibility index (Phi) is 10.4. The SMILES string of the molecule is [2H]C([2H])(CCN1CCOCC1)N(Cc1ccccc1OCCCCCC(=O)O)C(=O)c1ccc(-c2ccncc2)cc1. The van der Waals surface area contributed by atoms with E-state index in [2.05, 4.69) is 9.88 Å². The van der Waals surface area contributed by atoms with E-state index in [1.165, 1.54) is 4.90 Å². The van der Waals surface area contributed by atoms with Gasteiger partial charge in [0.25, 0.3) is 5.91 Å². The van der Waals surface area contributed by atoms with Crippen LogP contribution in [0.25, 0.3) is 11.1 Å². The molecule has 2 aromatic carbocycles. The number of amides is 1. The van der Waals surface area contributed by atoms with Crippen molar-refractivity contribution in [1.29, 1.82) is 0 Å². The van der Waals surface area contributed by atoms with Crippen molar-refractivity contribution in [3.63, 3.8) is 0 Å². The van der Waals surface area contributed by atoms with Crippen molar-refractivity contribution in [3.05, 3.63) is 84.2 Å². The molecule has 212 valence electrons. The predicted molar refractivity (Wildman–Crippen MR) is 154 cm³/mol. The molecule has 1 aliphatic rings. The van der Waals surface area contributed by atoms with E-state index in [-0.39, 0.29) is 19.4 Å². The van der Waals surface area contributed by atoms with Crippen molar-refractivity contribution in [3.8, 4) is 16.9 Å². The zero-order chi connectivity index (χ0) is 29.8. The fourth-order valence-corrected chi connectivity index (χ4v) is 4.56. The lowest BCUT2D eigenvalue weighted by Gasteiger charge is -2.29. The van der Waals surface area contributed by atoms with Crippen molar-refractivity contribution >= 4 is 11.9 Å². The van der Waals surface area contributed by atoms with Crippen LogP contribution in [0, 0.1) is 0 Å². The van der Waals surface area contributed by atoms with E-state index in [0.29, 0.717) is 56.1 Å². The second-order valence-corrected chi connectivity index (χ2v) is 9.73. The maximum Gasteiger partial charge on any atom is 0.303 e. The molecule has 8 nitrogen and oxygen atoms in total. The number of aliphatic carboxylic acids is 1. The molecule has 2 heterocycles. The van der Waals surface area contributed by atoms with Gasteiger partial charge in [-0.1, -0.05) is 30.3 Å². The molecule has 0 unspecified atom stereocenters. The summed E-state index contributed by atoms with van der Waals surface area (Å²) in [6.07, 6.45) is 5.75. The van der Waals surface area contributed by atoms with Crippen LogP contribution in [-0.2, 0) is 16.1 Å². The molecule has 3 aromatic rings. The van der Waals surface area contributed by atoms with Gasteiger partial charge in [0.15, 0.2) is 0 Å². The van der Waals surface area contributed by atoms with Crippen molar-refractivity contribution < 1.29 is 26.9 Å². The third-order valence-corrected chi connectivity index (χ3v) is 6.82. The average Bonchev–Trinajstić information content (AvgIpc) is 3.01. The summed E-state index contributed by atoms with van der Waals surface area (Å²) in [6, 6.07) is 18.4. The quantitative estimate of drug-likeness (QED) is 0.264. The number of carboxylic acid groups (broad SMARTS) is 1. The number of benzene rings is 2. The van der Waals surface area contributed by atoms with Crippen molar-refractivity contribution in [2.45, 2.75) is 38.6 Å². The Hall–Kier alpha value is -3.75. The lowest BCUT2D eigenvalue weighted by Crippen LogP contribution is -2.39. The number of para-hydroxylation sites is 1. The van der Waals surface area contributed by atoms with Crippen LogP contribution in [0.1, 0.15) is 50.8 Å². The molecule has 0 bridgehead atoms. The number of nitrogens with zero attached hydrogens (tertiary/aromatic N) is 3. The molecule has 1 N–H and O–H groups in total. The summed E-state index contributed by atoms with van der Waals surface area (Å²) in [5.74, 6) is -0.613. The number of aromatic nitrogens is 1. The van der Waals surface area contributed by atoms with E-state index in [9.17, 15) is 9.59 Å². The van der Waals surface area contributed by atoms with Crippen molar-refractivity contribution in [1.82, 2.24) is 14.8 Å². The summed E-state index contributed by atoms with van der Waals surface area (Å²) in [6.45, 7) is 1.75. The molecule has 1 aliphatic heterocycles. The summed E-state index contributed by atoms with van der Waals surface area (Å²) < 4.78 is 29.5. The van der Waals surface area contributed by atoms with Crippen LogP contribution in [0.3, 0.4) is 0 Å². The number of rotatable bonds is 15. The third kappa shape index (κ3) is 9.17. The Morgan fingerprint density at radius 3 is 2.42 bits per heavy atom. The Bertz CT molecular complexity index is 1280. The number of carboxylic acids is 1. The van der Waals surface area contributed by atoms with Crippen LogP contribution in [0.4, 0.5) is 0 Å². The first-order valence-electron chi connectivity index (χ1n) is 14.9. The number of carbonyl (C=O) groups excluding carboxylic acids is 1. The number of hydrogen-bond donors (Lipinski definition) is 1. The largest absolute Gasteiger partial charge is 0.493 e. The minimum Gasteiger partial charge on any atom is -0.493 e. The van der Waals surface area contributed by atoms with E-state index in [4.69, 9.17) is 17.3 Å². The highest BCUT2D eigenvalue weighted by molar-refractivity contribution is 5.94. The normalized spacial score (nSPS) is 14.7. The first-order chi connectivity index (χ1) is 20.3. The molecule has 1 amide bonds. The summed E-state index contributed by atoms with van der Waals surface area (Å²) in [7, 11) is 0. The summed E-state index contributed by atoms with van der Waals surface area (Å²) in [4.78, 5) is 32.2. The molecular weight excluding hydrogens is 506 g/mol. The lowest BCUT2D eigenvalue weighted by molar-refractivity contribution is -0.137. The molecule has 1 saturated heterocycles. The smallest absolute Gasteiger partial charge is 0.303 e. The van der Waals surface area contributed by atoms with Gasteiger partial charge >= 0.3 is 5.97 Å². The van der Waals surface area contributed by atoms with Crippen LogP contribution in [0.5, 0.6) is 5.75 Å². The number of ether oxygens (including phenoxy) is 2. The van der Waals surface area contributed by atoms with Crippen LogP contribution in [-0.4, -0.2) is 77.7 Å². The number of morpholine rings is 1. The number of pyridine rings is 1. The molecule has 0 aliphatic carbocycles. The summed E-state index contributed by atoms with van der Waals surface area (Å²) in [5, 5.41) is 8.83. The van der Waals surface area contributed by atoms with E-state index >= 15 is 0 Å². The summed E-state index contributed by atoms with van der Waals surface area (Å²) >= 11 is 0. The minimum atomic E-state index is -1.93. The van der Waals surface area contributed by atoms with Gasteiger partial charge in [0, 0.05) is 65.4 Å². The van der Waals surface area contributed by atoms with Crippen LogP contribution in [0.2, 0.25) is 0 Å². The molecular formula is C32H39N3O5. The summed E-state index contributed by atoms with van der Waals surface area (Å²) in [5.41, 5.74) is 3.04. The predicted octanol–water partition coefficient (Wildman–Crippen LogP) is 5.14. The fraction of sp³-hybridized carbons (Fsp3) is 0.406. The van der Waals surface area contributed by atoms with Gasteiger partial charge in [-0.05, 0) is 67.1 Å². The first kappa shape index (κ1) is 26.5. The molecule has 8 heteroatoms. The Morgan fingerprint density at radius 2 is 1.68 bits per heavy atom. The Labute approximate surface area is 239 Å². The maximum absolute atomic E-state index is 13.9. The minimum absolute atomic E-state index is 0.0379. The molecule has 0 radical (unpaired) electrons. The highest BCUT2D eigenvalue weighted by Crippen LogP contribution is 2.23. The zero-order valence-corrected chi connectivity index (χ0v) is 22.8. The van der Waals surface area contributed by atoms with Crippen LogP contribution in [0.15, 0.2) is 73.1 Å². The van der Waals surface area contributed by atoms with E-state index in [0.717, 1.165) is 30.6 Å². The lowest BCUT2D eigenvalue weighted by atomic mass is 10.0. The van der Waals surface area contributed by atoms with E-state index in [1.54, 1.807) is 24.5 Å². The highest BCUT2D eigenvalue weighted by atomic mass is 16.5. The van der Waals surface area contributed by atoms with Gasteiger partial charge in [0.2, 0.25) is 0 Å². The van der Waals surface area contributed by atoms with Crippen molar-refractivity contribution in [2.24, 2.45) is 0 Å². The molecule has 0 atom stereocenters. The molecule has 0 saturated carbocycles. The van der Waals surface area contributed by atoms with Crippen LogP contribution >= 0.6 is 0 Å². The standard InChI is InChI=1S/C32H39N3O5/c36-31(37)9-2-1-5-22-40-30-8-4-3-7-29(30)25-35(19-6-18-34-20-23-39-24-21-34)32(38)28-12-10-26(11-13-28)27-14-16-33-17-15-27/h3-4,7-8,10-17H,1-2,5-6,9,18-25H2,(H,36,37)/i19D2. The van der Waals surface area contributed by atoms with Gasteiger partial charge < -0.3 is 19.5 Å². The second-order valence-electron chi connectivity index (χ2n) is 9.73. The Balaban J connectivity index is 1.51. The Morgan fingerprint density at radius 1 is 0.950 bits per heavy atom. The van der Waals surface area contributed by atoms with Gasteiger partial charge in [0.05, 0.1) is 19.8 Å². The molecule has 4 rings (SSSR count). The van der Waals surface area contributed by atoms with Crippen molar-refractivity contribution in [2.75, 3.05) is 46.0 Å². The first-order valence-corrected chi connectivity index (χ1v) is 13.9. The van der Waals surface area contributed by atoms with E-state index in [1.807, 2.05) is 48.5 Å². The fourth-order valence-electron chi connectivity index (χ4n) is 4.56. The van der Waals surface area contributed by atoms with Gasteiger partial charge in [-0.25, -0.2) is 0 Å². The van der Waals surface area contributed by atoms with E-state index < -0.39 is 18.4 Å². The number of carbonyl (C=O) groups is 2. The van der Waals surface area contributed by atoms with Gasteiger partial charge in [-0.15, -0.1) is 0 Å². The number of unbranched alkanes of at least 4 members (excludes halogenated alkanes) is 2. The average molecular weight is 548 g/mol. The second kappa shape index (κ2) is 15.7. The maximum atomic E-state index is 13.9. The monoisotopic (exact) mass is 547 g/mol. The molecule has 40 heavy (non-hydrogen) atoms. The van der Waals surface area contributed by atoms with Gasteiger partial charge in [-0.2, -0.15) is 0 Å². The van der Waals surface area contributed by atoms with Crippen LogP contribution < -0.4 is 4.74 Å². The molecule has 1 aromatic heterocycles. The molecule has 0 spiro atoms. The number of hydrogen-bond acceptors (Lipinski definition) is 6. The third-order valence-electron chi connectivity index (χ3n) is 6.82. The van der Waals surface area contributed by atoms with Gasteiger partial charge in [0.1, 0.15) is 5.75 Å². The zero-order valence-electron chi connectivity index (χ0n) is 24.8. The highest BCUT2D eigenvalue weighted by Gasteiger charge is 2.19. The molecule has 1 fully saturated rings. The van der Waals surface area contributed by atoms with Gasteiger partial charge in [-0.3, -0.25) is 19.5 Å².